The standard InChI is InChI=1S/C16H12BrNOS/c17-15-9-8-12(20-15)10-18-16(19)14-7-3-5-11-4-1-2-6-13(11)14/h1-9H,10H2,(H,18,19). The van der Waals surface area contributed by atoms with E-state index < -0.39 is 0 Å². The molecule has 0 atom stereocenters. The Kier molecular flexibility index (Phi) is 3.85. The van der Waals surface area contributed by atoms with E-state index in [0.717, 1.165) is 25.0 Å². The minimum Gasteiger partial charge on any atom is -0.347 e. The predicted molar refractivity (Wildman–Crippen MR) is 87.1 cm³/mol. The summed E-state index contributed by atoms with van der Waals surface area (Å²) < 4.78 is 1.08. The third-order valence-corrected chi connectivity index (χ3v) is 4.71. The summed E-state index contributed by atoms with van der Waals surface area (Å²) in [7, 11) is 0. The molecule has 1 amide bonds. The summed E-state index contributed by atoms with van der Waals surface area (Å²) in [5.74, 6) is -0.0358. The molecule has 1 heterocycles. The van der Waals surface area contributed by atoms with Crippen LogP contribution in [0.25, 0.3) is 10.8 Å². The largest absolute Gasteiger partial charge is 0.347 e. The predicted octanol–water partition coefficient (Wildman–Crippen LogP) is 4.59. The van der Waals surface area contributed by atoms with Gasteiger partial charge in [0, 0.05) is 10.4 Å². The summed E-state index contributed by atoms with van der Waals surface area (Å²) in [6.07, 6.45) is 0. The Balaban J connectivity index is 1.82. The summed E-state index contributed by atoms with van der Waals surface area (Å²) in [5.41, 5.74) is 0.721. The topological polar surface area (TPSA) is 29.1 Å². The third-order valence-electron chi connectivity index (χ3n) is 3.09. The molecule has 0 spiro atoms. The first kappa shape index (κ1) is 13.3. The van der Waals surface area contributed by atoms with Crippen LogP contribution in [-0.4, -0.2) is 5.91 Å². The molecule has 0 aliphatic rings. The van der Waals surface area contributed by atoms with Crippen LogP contribution in [0, 0.1) is 0 Å². The highest BCUT2D eigenvalue weighted by atomic mass is 79.9. The molecule has 0 aliphatic carbocycles. The lowest BCUT2D eigenvalue weighted by molar-refractivity contribution is 0.0953. The molecule has 0 unspecified atom stereocenters. The Morgan fingerprint density at radius 1 is 1.05 bits per heavy atom. The van der Waals surface area contributed by atoms with Crippen molar-refractivity contribution >= 4 is 43.9 Å². The molecule has 3 aromatic rings. The van der Waals surface area contributed by atoms with Crippen LogP contribution in [0.2, 0.25) is 0 Å². The number of hydrogen-bond acceptors (Lipinski definition) is 2. The van der Waals surface area contributed by atoms with Crippen LogP contribution in [0.3, 0.4) is 0 Å². The molecule has 0 fully saturated rings. The van der Waals surface area contributed by atoms with E-state index in [9.17, 15) is 4.79 Å². The smallest absolute Gasteiger partial charge is 0.252 e. The number of carbonyl (C=O) groups is 1. The summed E-state index contributed by atoms with van der Waals surface area (Å²) in [5, 5.41) is 5.04. The number of rotatable bonds is 3. The fraction of sp³-hybridized carbons (Fsp3) is 0.0625. The maximum atomic E-state index is 12.3. The van der Waals surface area contributed by atoms with Crippen molar-refractivity contribution in [1.82, 2.24) is 5.32 Å². The van der Waals surface area contributed by atoms with Gasteiger partial charge in [-0.05, 0) is 44.9 Å². The van der Waals surface area contributed by atoms with Crippen molar-refractivity contribution in [2.24, 2.45) is 0 Å². The van der Waals surface area contributed by atoms with Gasteiger partial charge in [0.1, 0.15) is 0 Å². The van der Waals surface area contributed by atoms with E-state index >= 15 is 0 Å². The van der Waals surface area contributed by atoms with E-state index in [-0.39, 0.29) is 5.91 Å². The molecule has 0 saturated carbocycles. The van der Waals surface area contributed by atoms with E-state index in [2.05, 4.69) is 21.2 Å². The van der Waals surface area contributed by atoms with Gasteiger partial charge in [-0.2, -0.15) is 0 Å². The van der Waals surface area contributed by atoms with Gasteiger partial charge in [-0.25, -0.2) is 0 Å². The molecule has 20 heavy (non-hydrogen) atoms. The number of amides is 1. The van der Waals surface area contributed by atoms with Crippen LogP contribution in [0.1, 0.15) is 15.2 Å². The summed E-state index contributed by atoms with van der Waals surface area (Å²) >= 11 is 5.05. The highest BCUT2D eigenvalue weighted by molar-refractivity contribution is 9.11. The quantitative estimate of drug-likeness (QED) is 0.738. The van der Waals surface area contributed by atoms with Gasteiger partial charge in [-0.1, -0.05) is 36.4 Å². The number of halogens is 1. The third kappa shape index (κ3) is 2.76. The number of carbonyl (C=O) groups excluding carboxylic acids is 1. The normalized spacial score (nSPS) is 10.7. The van der Waals surface area contributed by atoms with Gasteiger partial charge in [0.25, 0.3) is 5.91 Å². The second-order valence-electron chi connectivity index (χ2n) is 4.42. The molecule has 4 heteroatoms. The molecule has 0 aliphatic heterocycles. The zero-order valence-corrected chi connectivity index (χ0v) is 13.0. The van der Waals surface area contributed by atoms with E-state index in [1.807, 2.05) is 54.6 Å². The first-order valence-corrected chi connectivity index (χ1v) is 7.85. The number of thiophene rings is 1. The van der Waals surface area contributed by atoms with Crippen molar-refractivity contribution < 1.29 is 4.79 Å². The van der Waals surface area contributed by atoms with Crippen molar-refractivity contribution in [3.05, 3.63) is 68.8 Å². The molecule has 2 nitrogen and oxygen atoms in total. The van der Waals surface area contributed by atoms with Gasteiger partial charge >= 0.3 is 0 Å². The summed E-state index contributed by atoms with van der Waals surface area (Å²) in [4.78, 5) is 13.5. The molecular formula is C16H12BrNOS. The SMILES string of the molecule is O=C(NCc1ccc(Br)s1)c1cccc2ccccc12. The van der Waals surface area contributed by atoms with Crippen molar-refractivity contribution in [3.8, 4) is 0 Å². The monoisotopic (exact) mass is 345 g/mol. The Labute approximate surface area is 129 Å². The van der Waals surface area contributed by atoms with Crippen LogP contribution in [0.5, 0.6) is 0 Å². The van der Waals surface area contributed by atoms with E-state index in [1.54, 1.807) is 11.3 Å². The van der Waals surface area contributed by atoms with Crippen molar-refractivity contribution in [3.63, 3.8) is 0 Å². The first-order chi connectivity index (χ1) is 9.74. The Bertz CT molecular complexity index is 761. The van der Waals surface area contributed by atoms with Crippen molar-refractivity contribution in [2.75, 3.05) is 0 Å². The van der Waals surface area contributed by atoms with E-state index in [0.29, 0.717) is 6.54 Å². The summed E-state index contributed by atoms with van der Waals surface area (Å²) in [6.45, 7) is 0.554. The average Bonchev–Trinajstić information content (AvgIpc) is 2.90. The Morgan fingerprint density at radius 2 is 1.85 bits per heavy atom. The minimum atomic E-state index is -0.0358. The maximum absolute atomic E-state index is 12.3. The van der Waals surface area contributed by atoms with E-state index in [4.69, 9.17) is 0 Å². The molecule has 1 aromatic heterocycles. The minimum absolute atomic E-state index is 0.0358. The molecular weight excluding hydrogens is 334 g/mol. The molecule has 0 radical (unpaired) electrons. The zero-order valence-electron chi connectivity index (χ0n) is 10.6. The Hall–Kier alpha value is -1.65. The van der Waals surface area contributed by atoms with Crippen LogP contribution in [-0.2, 0) is 6.54 Å². The fourth-order valence-corrected chi connectivity index (χ4v) is 3.56. The Morgan fingerprint density at radius 3 is 2.65 bits per heavy atom. The molecule has 3 rings (SSSR count). The van der Waals surface area contributed by atoms with Gasteiger partial charge in [0.15, 0.2) is 0 Å². The second-order valence-corrected chi connectivity index (χ2v) is 6.96. The number of hydrogen-bond donors (Lipinski definition) is 1. The average molecular weight is 346 g/mol. The van der Waals surface area contributed by atoms with Gasteiger partial charge in [-0.3, -0.25) is 4.79 Å². The highest BCUT2D eigenvalue weighted by Gasteiger charge is 2.09. The van der Waals surface area contributed by atoms with Gasteiger partial charge in [-0.15, -0.1) is 11.3 Å². The number of nitrogens with one attached hydrogen (secondary N) is 1. The summed E-state index contributed by atoms with van der Waals surface area (Å²) in [6, 6.07) is 17.7. The van der Waals surface area contributed by atoms with Crippen LogP contribution in [0.4, 0.5) is 0 Å². The molecule has 1 N–H and O–H groups in total. The van der Waals surface area contributed by atoms with Gasteiger partial charge in [0.05, 0.1) is 10.3 Å². The lowest BCUT2D eigenvalue weighted by atomic mass is 10.0. The van der Waals surface area contributed by atoms with Crippen LogP contribution < -0.4 is 5.32 Å². The van der Waals surface area contributed by atoms with Gasteiger partial charge < -0.3 is 5.32 Å². The second kappa shape index (κ2) is 5.77. The lowest BCUT2D eigenvalue weighted by Crippen LogP contribution is -2.22. The van der Waals surface area contributed by atoms with Crippen LogP contribution in [0.15, 0.2) is 58.4 Å². The number of fused-ring (bicyclic) bond motifs is 1. The fourth-order valence-electron chi connectivity index (χ4n) is 2.13. The van der Waals surface area contributed by atoms with Crippen LogP contribution >= 0.6 is 27.3 Å². The highest BCUT2D eigenvalue weighted by Crippen LogP contribution is 2.22. The number of benzene rings is 2. The maximum Gasteiger partial charge on any atom is 0.252 e. The lowest BCUT2D eigenvalue weighted by Gasteiger charge is -2.07. The molecule has 0 saturated heterocycles. The van der Waals surface area contributed by atoms with Gasteiger partial charge in [0.2, 0.25) is 0 Å². The zero-order chi connectivity index (χ0) is 13.9. The van der Waals surface area contributed by atoms with Crippen molar-refractivity contribution in [1.29, 1.82) is 0 Å². The first-order valence-electron chi connectivity index (χ1n) is 6.24. The van der Waals surface area contributed by atoms with Crippen molar-refractivity contribution in [2.45, 2.75) is 6.54 Å². The molecule has 2 aromatic carbocycles. The van der Waals surface area contributed by atoms with E-state index in [1.165, 1.54) is 0 Å². The molecule has 100 valence electrons. The molecule has 0 bridgehead atoms.